The van der Waals surface area contributed by atoms with Crippen LogP contribution in [0.5, 0.6) is 0 Å². The highest BCUT2D eigenvalue weighted by Gasteiger charge is 2.39. The third-order valence-electron chi connectivity index (χ3n) is 7.60. The summed E-state index contributed by atoms with van der Waals surface area (Å²) in [6.45, 7) is 8.73. The van der Waals surface area contributed by atoms with Crippen LogP contribution < -0.4 is 16.0 Å². The Labute approximate surface area is 195 Å². The van der Waals surface area contributed by atoms with Crippen molar-refractivity contribution in [1.29, 1.82) is 5.26 Å². The number of rotatable bonds is 6. The summed E-state index contributed by atoms with van der Waals surface area (Å²) in [5, 5.41) is 12.6. The van der Waals surface area contributed by atoms with Crippen LogP contribution in [-0.2, 0) is 10.2 Å². The van der Waals surface area contributed by atoms with E-state index in [1.54, 1.807) is 18.3 Å². The normalized spacial score (nSPS) is 23.2. The first kappa shape index (κ1) is 22.1. The number of nitrogens with zero attached hydrogens (tertiary/aromatic N) is 5. The molecular formula is C25H33N7O. The van der Waals surface area contributed by atoms with E-state index in [2.05, 4.69) is 45.2 Å². The number of anilines is 3. The Balaban J connectivity index is 1.46. The molecule has 3 saturated heterocycles. The third kappa shape index (κ3) is 4.54. The molecule has 1 unspecified atom stereocenters. The van der Waals surface area contributed by atoms with Crippen LogP contribution in [0.2, 0.25) is 0 Å². The molecule has 3 fully saturated rings. The van der Waals surface area contributed by atoms with E-state index in [9.17, 15) is 5.26 Å². The zero-order valence-corrected chi connectivity index (χ0v) is 19.3. The maximum absolute atomic E-state index is 9.25. The summed E-state index contributed by atoms with van der Waals surface area (Å²) >= 11 is 0. The van der Waals surface area contributed by atoms with Crippen LogP contribution in [0.15, 0.2) is 30.5 Å². The smallest absolute Gasteiger partial charge is 0.134 e. The molecule has 0 spiro atoms. The molecule has 2 aromatic rings. The number of nitriles is 1. The van der Waals surface area contributed by atoms with Gasteiger partial charge in [-0.15, -0.1) is 0 Å². The summed E-state index contributed by atoms with van der Waals surface area (Å²) in [5.74, 6) is 3.05. The largest absolute Gasteiger partial charge is 0.378 e. The number of ether oxygens (including phenoxy) is 1. The van der Waals surface area contributed by atoms with Gasteiger partial charge in [0.15, 0.2) is 0 Å². The standard InChI is InChI=1S/C25H33N7O/c1-18-3-7-32(14-18)24-12-20(11-23(30-24)29-22-10-19(13-26)2-6-28-22)25(17-27)4-8-31(9-5-25)21-15-33-16-21/h2,6,10-12,18,21H,3-5,7-9,14-17,27H2,1H3,(H,28,29,30). The first-order chi connectivity index (χ1) is 16.1. The highest BCUT2D eigenvalue weighted by molar-refractivity contribution is 5.59. The van der Waals surface area contributed by atoms with E-state index in [4.69, 9.17) is 15.5 Å². The Morgan fingerprint density at radius 3 is 2.67 bits per heavy atom. The molecule has 0 radical (unpaired) electrons. The predicted molar refractivity (Wildman–Crippen MR) is 129 cm³/mol. The van der Waals surface area contributed by atoms with Crippen LogP contribution in [0.25, 0.3) is 0 Å². The SMILES string of the molecule is CC1CCN(c2cc(C3(CN)CCN(C4COC4)CC3)cc(Nc3cc(C#N)ccn3)n2)C1. The van der Waals surface area contributed by atoms with Gasteiger partial charge in [-0.05, 0) is 68.1 Å². The molecule has 0 saturated carbocycles. The topological polar surface area (TPSA) is 103 Å². The monoisotopic (exact) mass is 447 g/mol. The van der Waals surface area contributed by atoms with Crippen molar-refractivity contribution < 1.29 is 4.74 Å². The summed E-state index contributed by atoms with van der Waals surface area (Å²) in [7, 11) is 0. The number of likely N-dealkylation sites (tertiary alicyclic amines) is 1. The van der Waals surface area contributed by atoms with Crippen molar-refractivity contribution in [2.75, 3.05) is 56.2 Å². The van der Waals surface area contributed by atoms with Gasteiger partial charge in [-0.1, -0.05) is 6.92 Å². The van der Waals surface area contributed by atoms with E-state index in [0.717, 1.165) is 63.9 Å². The molecule has 3 N–H and O–H groups in total. The van der Waals surface area contributed by atoms with Gasteiger partial charge < -0.3 is 20.7 Å². The van der Waals surface area contributed by atoms with Crippen molar-refractivity contribution in [2.24, 2.45) is 11.7 Å². The van der Waals surface area contributed by atoms with E-state index >= 15 is 0 Å². The molecule has 5 heterocycles. The Hall–Kier alpha value is -2.73. The van der Waals surface area contributed by atoms with Crippen LogP contribution in [0.4, 0.5) is 17.5 Å². The Morgan fingerprint density at radius 1 is 1.21 bits per heavy atom. The van der Waals surface area contributed by atoms with E-state index in [1.807, 2.05) is 0 Å². The quantitative estimate of drug-likeness (QED) is 0.697. The number of nitrogens with two attached hydrogens (primary N) is 1. The third-order valence-corrected chi connectivity index (χ3v) is 7.60. The minimum atomic E-state index is -0.0670. The van der Waals surface area contributed by atoms with Crippen molar-refractivity contribution in [1.82, 2.24) is 14.9 Å². The average molecular weight is 448 g/mol. The lowest BCUT2D eigenvalue weighted by atomic mass is 9.72. The van der Waals surface area contributed by atoms with Gasteiger partial charge in [0, 0.05) is 31.2 Å². The fraction of sp³-hybridized carbons (Fsp3) is 0.560. The van der Waals surface area contributed by atoms with Crippen molar-refractivity contribution in [3.8, 4) is 6.07 Å². The molecule has 33 heavy (non-hydrogen) atoms. The van der Waals surface area contributed by atoms with Gasteiger partial charge in [-0.3, -0.25) is 4.90 Å². The second-order valence-corrected chi connectivity index (χ2v) is 9.82. The molecule has 1 atom stereocenters. The van der Waals surface area contributed by atoms with Crippen LogP contribution in [0.3, 0.4) is 0 Å². The molecule has 174 valence electrons. The van der Waals surface area contributed by atoms with Crippen molar-refractivity contribution in [3.05, 3.63) is 41.6 Å². The second-order valence-electron chi connectivity index (χ2n) is 9.82. The number of pyridine rings is 2. The molecule has 3 aliphatic rings. The highest BCUT2D eigenvalue weighted by Crippen LogP contribution is 2.39. The molecule has 0 aromatic carbocycles. The van der Waals surface area contributed by atoms with Crippen LogP contribution in [0.1, 0.15) is 37.3 Å². The van der Waals surface area contributed by atoms with Crippen LogP contribution in [-0.4, -0.2) is 66.8 Å². The molecule has 8 nitrogen and oxygen atoms in total. The van der Waals surface area contributed by atoms with Crippen molar-refractivity contribution in [3.63, 3.8) is 0 Å². The summed E-state index contributed by atoms with van der Waals surface area (Å²) in [6, 6.07) is 10.6. The van der Waals surface area contributed by atoms with E-state index in [0.29, 0.717) is 29.9 Å². The highest BCUT2D eigenvalue weighted by atomic mass is 16.5. The first-order valence-electron chi connectivity index (χ1n) is 12.0. The molecule has 5 rings (SSSR count). The maximum Gasteiger partial charge on any atom is 0.134 e. The molecule has 0 aliphatic carbocycles. The number of aromatic nitrogens is 2. The fourth-order valence-corrected chi connectivity index (χ4v) is 5.25. The van der Waals surface area contributed by atoms with Gasteiger partial charge in [0.1, 0.15) is 17.5 Å². The summed E-state index contributed by atoms with van der Waals surface area (Å²) < 4.78 is 5.41. The van der Waals surface area contributed by atoms with Crippen molar-refractivity contribution >= 4 is 17.5 Å². The summed E-state index contributed by atoms with van der Waals surface area (Å²) in [6.07, 6.45) is 4.89. The number of nitrogens with one attached hydrogen (secondary N) is 1. The van der Waals surface area contributed by atoms with Gasteiger partial charge in [0.2, 0.25) is 0 Å². The van der Waals surface area contributed by atoms with Crippen LogP contribution in [0, 0.1) is 17.2 Å². The lowest BCUT2D eigenvalue weighted by Crippen LogP contribution is -2.55. The number of piperidine rings is 1. The molecular weight excluding hydrogens is 414 g/mol. The Kier molecular flexibility index (Phi) is 6.19. The van der Waals surface area contributed by atoms with Gasteiger partial charge >= 0.3 is 0 Å². The number of hydrogen-bond donors (Lipinski definition) is 2. The van der Waals surface area contributed by atoms with E-state index in [-0.39, 0.29) is 5.41 Å². The molecule has 8 heteroatoms. The predicted octanol–water partition coefficient (Wildman–Crippen LogP) is 2.63. The Bertz CT molecular complexity index is 1020. The minimum absolute atomic E-state index is 0.0670. The minimum Gasteiger partial charge on any atom is -0.378 e. The van der Waals surface area contributed by atoms with Gasteiger partial charge in [-0.2, -0.15) is 5.26 Å². The van der Waals surface area contributed by atoms with E-state index < -0.39 is 0 Å². The fourth-order valence-electron chi connectivity index (χ4n) is 5.25. The lowest BCUT2D eigenvalue weighted by Gasteiger charge is -2.46. The van der Waals surface area contributed by atoms with Gasteiger partial charge in [0.25, 0.3) is 0 Å². The summed E-state index contributed by atoms with van der Waals surface area (Å²) in [5.41, 5.74) is 8.21. The molecule has 0 bridgehead atoms. The van der Waals surface area contributed by atoms with Crippen molar-refractivity contribution in [2.45, 2.75) is 37.6 Å². The maximum atomic E-state index is 9.25. The summed E-state index contributed by atoms with van der Waals surface area (Å²) in [4.78, 5) is 14.3. The van der Waals surface area contributed by atoms with Crippen LogP contribution >= 0.6 is 0 Å². The van der Waals surface area contributed by atoms with E-state index in [1.165, 1.54) is 12.0 Å². The lowest BCUT2D eigenvalue weighted by molar-refractivity contribution is -0.0755. The number of hydrogen-bond acceptors (Lipinski definition) is 8. The first-order valence-corrected chi connectivity index (χ1v) is 12.0. The zero-order valence-electron chi connectivity index (χ0n) is 19.3. The molecule has 0 amide bonds. The van der Waals surface area contributed by atoms with Gasteiger partial charge in [-0.25, -0.2) is 9.97 Å². The molecule has 3 aliphatic heterocycles. The Morgan fingerprint density at radius 2 is 2.03 bits per heavy atom. The second kappa shape index (κ2) is 9.26. The average Bonchev–Trinajstić information content (AvgIpc) is 3.25. The van der Waals surface area contributed by atoms with Gasteiger partial charge in [0.05, 0.1) is 30.9 Å². The molecule has 2 aromatic heterocycles. The zero-order chi connectivity index (χ0) is 22.8.